The number of likely N-dealkylation sites (tertiary alicyclic amines) is 1. The van der Waals surface area contributed by atoms with Crippen LogP contribution in [-0.2, 0) is 13.6 Å². The smallest absolute Gasteiger partial charge is 0.225 e. The Balaban J connectivity index is 1.45. The summed E-state index contributed by atoms with van der Waals surface area (Å²) in [5.41, 5.74) is 0. The lowest BCUT2D eigenvalue weighted by Crippen LogP contribution is -2.36. The number of piperidine rings is 2. The van der Waals surface area contributed by atoms with E-state index in [1.165, 1.54) is 31.7 Å². The molecule has 2 aliphatic rings. The molecule has 2 fully saturated rings. The zero-order valence-electron chi connectivity index (χ0n) is 15.3. The van der Waals surface area contributed by atoms with E-state index in [-0.39, 0.29) is 0 Å². The van der Waals surface area contributed by atoms with Gasteiger partial charge in [-0.1, -0.05) is 6.42 Å². The highest BCUT2D eigenvalue weighted by Gasteiger charge is 2.27. The number of aromatic nitrogens is 5. The molecule has 4 heterocycles. The summed E-state index contributed by atoms with van der Waals surface area (Å²) in [6.07, 6.45) is 8.47. The molecule has 2 aromatic rings. The molecule has 0 saturated carbocycles. The molecule has 0 radical (unpaired) electrons. The third-order valence-electron chi connectivity index (χ3n) is 5.49. The fourth-order valence-corrected chi connectivity index (χ4v) is 4.02. The molecule has 1 atom stereocenters. The average Bonchev–Trinajstić information content (AvgIpc) is 3.04. The Bertz CT molecular complexity index is 724. The van der Waals surface area contributed by atoms with E-state index in [0.717, 1.165) is 57.2 Å². The van der Waals surface area contributed by atoms with E-state index < -0.39 is 5.82 Å². The number of rotatable bonds is 4. The van der Waals surface area contributed by atoms with Gasteiger partial charge in [-0.25, -0.2) is 14.4 Å². The van der Waals surface area contributed by atoms with Crippen LogP contribution < -0.4 is 4.90 Å². The monoisotopic (exact) mass is 359 g/mol. The van der Waals surface area contributed by atoms with Crippen LogP contribution in [0.15, 0.2) is 12.4 Å². The van der Waals surface area contributed by atoms with Crippen molar-refractivity contribution in [3.05, 3.63) is 29.9 Å². The summed E-state index contributed by atoms with van der Waals surface area (Å²) in [6.45, 7) is 4.87. The van der Waals surface area contributed by atoms with Crippen LogP contribution in [0.25, 0.3) is 0 Å². The molecule has 4 rings (SSSR count). The predicted octanol–water partition coefficient (Wildman–Crippen LogP) is 2.11. The Kier molecular flexibility index (Phi) is 5.10. The predicted molar refractivity (Wildman–Crippen MR) is 96.3 cm³/mol. The molecule has 2 aromatic heterocycles. The van der Waals surface area contributed by atoms with Crippen LogP contribution in [-0.4, -0.2) is 55.8 Å². The molecule has 0 amide bonds. The maximum atomic E-state index is 13.1. The van der Waals surface area contributed by atoms with Gasteiger partial charge in [0.1, 0.15) is 11.6 Å². The van der Waals surface area contributed by atoms with Gasteiger partial charge in [0.25, 0.3) is 0 Å². The Labute approximate surface area is 153 Å². The third-order valence-corrected chi connectivity index (χ3v) is 5.49. The highest BCUT2D eigenvalue weighted by atomic mass is 19.1. The Morgan fingerprint density at radius 2 is 1.81 bits per heavy atom. The molecular formula is C18H26FN7. The van der Waals surface area contributed by atoms with Gasteiger partial charge in [-0.2, -0.15) is 0 Å². The quantitative estimate of drug-likeness (QED) is 0.833. The highest BCUT2D eigenvalue weighted by molar-refractivity contribution is 5.31. The molecule has 7 nitrogen and oxygen atoms in total. The molecule has 2 aliphatic heterocycles. The lowest BCUT2D eigenvalue weighted by molar-refractivity contribution is 0.213. The summed E-state index contributed by atoms with van der Waals surface area (Å²) in [5.74, 6) is 2.55. The second kappa shape index (κ2) is 7.65. The lowest BCUT2D eigenvalue weighted by atomic mass is 9.97. The summed E-state index contributed by atoms with van der Waals surface area (Å²) in [7, 11) is 2.07. The lowest BCUT2D eigenvalue weighted by Gasteiger charge is -2.32. The minimum Gasteiger partial charge on any atom is -0.340 e. The first-order chi connectivity index (χ1) is 12.7. The van der Waals surface area contributed by atoms with Gasteiger partial charge >= 0.3 is 0 Å². The molecule has 0 aliphatic carbocycles. The molecule has 1 unspecified atom stereocenters. The summed E-state index contributed by atoms with van der Waals surface area (Å²) >= 11 is 0. The topological polar surface area (TPSA) is 63.0 Å². The number of hydrogen-bond acceptors (Lipinski definition) is 6. The molecule has 2 saturated heterocycles. The molecule has 140 valence electrons. The van der Waals surface area contributed by atoms with E-state index in [4.69, 9.17) is 0 Å². The van der Waals surface area contributed by atoms with Crippen LogP contribution >= 0.6 is 0 Å². The third kappa shape index (κ3) is 3.70. The van der Waals surface area contributed by atoms with Crippen molar-refractivity contribution in [3.8, 4) is 0 Å². The minimum absolute atomic E-state index is 0.296. The zero-order chi connectivity index (χ0) is 17.9. The van der Waals surface area contributed by atoms with Crippen LogP contribution in [0, 0.1) is 5.82 Å². The van der Waals surface area contributed by atoms with Gasteiger partial charge in [0.2, 0.25) is 5.95 Å². The van der Waals surface area contributed by atoms with Gasteiger partial charge in [0.15, 0.2) is 5.82 Å². The van der Waals surface area contributed by atoms with Crippen LogP contribution in [0.3, 0.4) is 0 Å². The summed E-state index contributed by atoms with van der Waals surface area (Å²) < 4.78 is 15.2. The zero-order valence-corrected chi connectivity index (χ0v) is 15.3. The van der Waals surface area contributed by atoms with E-state index in [0.29, 0.717) is 11.9 Å². The van der Waals surface area contributed by atoms with Crippen molar-refractivity contribution in [3.63, 3.8) is 0 Å². The summed E-state index contributed by atoms with van der Waals surface area (Å²) in [6, 6.07) is 0. The Hall–Kier alpha value is -2.09. The standard InChI is InChI=1S/C18H26FN7/c1-24-16(13-25-7-3-2-4-8-25)22-23-17(24)14-6-5-9-26(12-14)18-20-10-15(19)11-21-18/h10-11,14H,2-9,12-13H2,1H3. The van der Waals surface area contributed by atoms with Gasteiger partial charge in [-0.15, -0.1) is 10.2 Å². The second-order valence-electron chi connectivity index (χ2n) is 7.36. The second-order valence-corrected chi connectivity index (χ2v) is 7.36. The molecule has 26 heavy (non-hydrogen) atoms. The highest BCUT2D eigenvalue weighted by Crippen LogP contribution is 2.28. The van der Waals surface area contributed by atoms with E-state index in [1.807, 2.05) is 0 Å². The maximum Gasteiger partial charge on any atom is 0.225 e. The number of anilines is 1. The molecule has 0 bridgehead atoms. The Morgan fingerprint density at radius 3 is 2.58 bits per heavy atom. The SMILES string of the molecule is Cn1c(CN2CCCCC2)nnc1C1CCCN(c2ncc(F)cn2)C1. The van der Waals surface area contributed by atoms with Crippen LogP contribution in [0.4, 0.5) is 10.3 Å². The van der Waals surface area contributed by atoms with Gasteiger partial charge in [-0.05, 0) is 38.8 Å². The van der Waals surface area contributed by atoms with Crippen molar-refractivity contribution in [2.24, 2.45) is 7.05 Å². The fraction of sp³-hybridized carbons (Fsp3) is 0.667. The number of halogens is 1. The van der Waals surface area contributed by atoms with Crippen molar-refractivity contribution in [2.75, 3.05) is 31.1 Å². The van der Waals surface area contributed by atoms with Crippen molar-refractivity contribution in [1.82, 2.24) is 29.6 Å². The van der Waals surface area contributed by atoms with Crippen molar-refractivity contribution < 1.29 is 4.39 Å². The molecular weight excluding hydrogens is 333 g/mol. The summed E-state index contributed by atoms with van der Waals surface area (Å²) in [5, 5.41) is 8.97. The first-order valence-electron chi connectivity index (χ1n) is 9.54. The first-order valence-corrected chi connectivity index (χ1v) is 9.54. The van der Waals surface area contributed by atoms with Crippen LogP contribution in [0.5, 0.6) is 0 Å². The van der Waals surface area contributed by atoms with Crippen molar-refractivity contribution in [2.45, 2.75) is 44.6 Å². The van der Waals surface area contributed by atoms with Gasteiger partial charge in [-0.3, -0.25) is 4.90 Å². The van der Waals surface area contributed by atoms with Crippen LogP contribution in [0.1, 0.15) is 49.7 Å². The average molecular weight is 359 g/mol. The number of hydrogen-bond donors (Lipinski definition) is 0. The molecule has 0 N–H and O–H groups in total. The van der Waals surface area contributed by atoms with Gasteiger partial charge < -0.3 is 9.47 Å². The maximum absolute atomic E-state index is 13.1. The largest absolute Gasteiger partial charge is 0.340 e. The van der Waals surface area contributed by atoms with E-state index in [1.54, 1.807) is 0 Å². The van der Waals surface area contributed by atoms with E-state index in [9.17, 15) is 4.39 Å². The van der Waals surface area contributed by atoms with Crippen molar-refractivity contribution in [1.29, 1.82) is 0 Å². The normalized spacial score (nSPS) is 21.9. The summed E-state index contributed by atoms with van der Waals surface area (Å²) in [4.78, 5) is 12.8. The minimum atomic E-state index is -0.405. The van der Waals surface area contributed by atoms with Crippen LogP contribution in [0.2, 0.25) is 0 Å². The number of nitrogens with zero attached hydrogens (tertiary/aromatic N) is 7. The molecule has 8 heteroatoms. The first kappa shape index (κ1) is 17.3. The fourth-order valence-electron chi connectivity index (χ4n) is 4.02. The van der Waals surface area contributed by atoms with Gasteiger partial charge in [0, 0.05) is 26.1 Å². The van der Waals surface area contributed by atoms with Crippen molar-refractivity contribution >= 4 is 5.95 Å². The van der Waals surface area contributed by atoms with E-state index >= 15 is 0 Å². The van der Waals surface area contributed by atoms with Gasteiger partial charge in [0.05, 0.1) is 18.9 Å². The Morgan fingerprint density at radius 1 is 1.04 bits per heavy atom. The van der Waals surface area contributed by atoms with E-state index in [2.05, 4.69) is 41.6 Å². The molecule has 0 aromatic carbocycles. The molecule has 0 spiro atoms.